The van der Waals surface area contributed by atoms with Gasteiger partial charge in [-0.2, -0.15) is 10.5 Å². The zero-order valence-electron chi connectivity index (χ0n) is 12.0. The van der Waals surface area contributed by atoms with Crippen LogP contribution in [0.25, 0.3) is 0 Å². The monoisotopic (exact) mass is 298 g/mol. The maximum absolute atomic E-state index is 13.0. The Morgan fingerprint density at radius 1 is 0.783 bits per heavy atom. The predicted octanol–water partition coefficient (Wildman–Crippen LogP) is 2.88. The van der Waals surface area contributed by atoms with Crippen LogP contribution < -0.4 is 0 Å². The molecule has 0 N–H and O–H groups in total. The van der Waals surface area contributed by atoms with Crippen molar-refractivity contribution in [3.05, 3.63) is 71.3 Å². The van der Waals surface area contributed by atoms with Gasteiger partial charge in [-0.1, -0.05) is 54.6 Å². The van der Waals surface area contributed by atoms with E-state index >= 15 is 0 Å². The van der Waals surface area contributed by atoms with Crippen molar-refractivity contribution in [2.24, 2.45) is 10.8 Å². The second-order valence-corrected chi connectivity index (χ2v) is 5.89. The molecule has 4 rings (SSSR count). The molecule has 2 aliphatic carbocycles. The fourth-order valence-electron chi connectivity index (χ4n) is 3.98. The van der Waals surface area contributed by atoms with Gasteiger partial charge in [0.2, 0.25) is 0 Å². The summed E-state index contributed by atoms with van der Waals surface area (Å²) in [5, 5.41) is 19.3. The molecule has 2 aromatic rings. The van der Waals surface area contributed by atoms with Crippen molar-refractivity contribution < 1.29 is 9.59 Å². The van der Waals surface area contributed by atoms with E-state index in [2.05, 4.69) is 0 Å². The zero-order chi connectivity index (χ0) is 16.2. The normalized spacial score (nSPS) is 22.3. The molecule has 23 heavy (non-hydrogen) atoms. The minimum Gasteiger partial charge on any atom is -0.293 e. The molecule has 2 aliphatic rings. The molecule has 108 valence electrons. The van der Waals surface area contributed by atoms with E-state index < -0.39 is 28.3 Å². The van der Waals surface area contributed by atoms with Crippen LogP contribution in [0.3, 0.4) is 0 Å². The first kappa shape index (κ1) is 13.4. The molecule has 4 nitrogen and oxygen atoms in total. The van der Waals surface area contributed by atoms with Crippen LogP contribution >= 0.6 is 0 Å². The van der Waals surface area contributed by atoms with Gasteiger partial charge in [-0.25, -0.2) is 0 Å². The van der Waals surface area contributed by atoms with Gasteiger partial charge < -0.3 is 0 Å². The largest absolute Gasteiger partial charge is 0.293 e. The third-order valence-electron chi connectivity index (χ3n) is 5.02. The molecule has 0 radical (unpaired) electrons. The number of Topliss-reactive ketones (excluding diaryl/α,β-unsaturated/α-hetero) is 2. The van der Waals surface area contributed by atoms with Crippen LogP contribution in [0.15, 0.2) is 54.6 Å². The molecule has 0 saturated heterocycles. The molecule has 2 aromatic carbocycles. The van der Waals surface area contributed by atoms with Crippen molar-refractivity contribution in [1.29, 1.82) is 10.5 Å². The molecule has 1 saturated carbocycles. The molecule has 0 aliphatic heterocycles. The van der Waals surface area contributed by atoms with E-state index in [1.54, 1.807) is 48.5 Å². The first-order chi connectivity index (χ1) is 11.1. The Labute approximate surface area is 132 Å². The van der Waals surface area contributed by atoms with Gasteiger partial charge in [-0.3, -0.25) is 9.59 Å². The Balaban J connectivity index is 1.99. The Bertz CT molecular complexity index is 898. The van der Waals surface area contributed by atoms with Crippen molar-refractivity contribution in [3.63, 3.8) is 0 Å². The Morgan fingerprint density at radius 2 is 1.26 bits per heavy atom. The number of nitriles is 2. The van der Waals surface area contributed by atoms with Crippen LogP contribution in [0.4, 0.5) is 0 Å². The predicted molar refractivity (Wildman–Crippen MR) is 80.4 cm³/mol. The van der Waals surface area contributed by atoms with Crippen LogP contribution in [0.1, 0.15) is 32.2 Å². The number of carbonyl (C=O) groups is 2. The van der Waals surface area contributed by atoms with Gasteiger partial charge in [0.15, 0.2) is 17.0 Å². The van der Waals surface area contributed by atoms with E-state index in [9.17, 15) is 20.1 Å². The highest BCUT2D eigenvalue weighted by Crippen LogP contribution is 2.77. The highest BCUT2D eigenvalue weighted by Gasteiger charge is 2.88. The van der Waals surface area contributed by atoms with Crippen molar-refractivity contribution in [2.45, 2.75) is 5.92 Å². The first-order valence-corrected chi connectivity index (χ1v) is 7.21. The summed E-state index contributed by atoms with van der Waals surface area (Å²) in [7, 11) is 0. The summed E-state index contributed by atoms with van der Waals surface area (Å²) in [5.41, 5.74) is -1.94. The number of benzene rings is 2. The van der Waals surface area contributed by atoms with Crippen molar-refractivity contribution in [1.82, 2.24) is 0 Å². The van der Waals surface area contributed by atoms with E-state index in [1.807, 2.05) is 18.2 Å². The number of fused-ring (bicyclic) bond motifs is 1. The van der Waals surface area contributed by atoms with E-state index in [-0.39, 0.29) is 0 Å². The summed E-state index contributed by atoms with van der Waals surface area (Å²) in [6.07, 6.45) is 0. The second kappa shape index (κ2) is 4.15. The van der Waals surface area contributed by atoms with Crippen molar-refractivity contribution in [3.8, 4) is 12.1 Å². The molecule has 0 heterocycles. The Hall–Kier alpha value is -3.24. The number of rotatable bonds is 1. The maximum atomic E-state index is 13.0. The molecule has 0 amide bonds. The molecule has 0 bridgehead atoms. The van der Waals surface area contributed by atoms with Crippen LogP contribution in [0, 0.1) is 33.5 Å². The lowest BCUT2D eigenvalue weighted by atomic mass is 9.89. The summed E-state index contributed by atoms with van der Waals surface area (Å²) in [6.45, 7) is 0. The minimum absolute atomic E-state index is 0.311. The summed E-state index contributed by atoms with van der Waals surface area (Å²) >= 11 is 0. The lowest BCUT2D eigenvalue weighted by Gasteiger charge is -2.05. The molecule has 1 spiro atoms. The quantitative estimate of drug-likeness (QED) is 0.758. The first-order valence-electron chi connectivity index (χ1n) is 7.21. The average molecular weight is 298 g/mol. The Kier molecular flexibility index (Phi) is 2.42. The highest BCUT2D eigenvalue weighted by molar-refractivity contribution is 6.34. The van der Waals surface area contributed by atoms with Crippen molar-refractivity contribution in [2.75, 3.05) is 0 Å². The van der Waals surface area contributed by atoms with Gasteiger partial charge in [-0.05, 0) is 5.56 Å². The average Bonchev–Trinajstić information content (AvgIpc) is 3.18. The van der Waals surface area contributed by atoms with Gasteiger partial charge in [0.05, 0.1) is 12.1 Å². The summed E-state index contributed by atoms with van der Waals surface area (Å²) in [5.74, 6) is -1.54. The van der Waals surface area contributed by atoms with Gasteiger partial charge >= 0.3 is 0 Å². The van der Waals surface area contributed by atoms with E-state index in [0.717, 1.165) is 0 Å². The minimum atomic E-state index is -1.64. The van der Waals surface area contributed by atoms with Gasteiger partial charge in [0, 0.05) is 17.0 Å². The standard InChI is InChI=1S/C19H10N2O2/c20-10-18(11-21)15(12-6-2-1-3-7-12)19(18)16(22)13-8-4-5-9-14(13)17(19)23/h1-9,15H. The topological polar surface area (TPSA) is 81.7 Å². The lowest BCUT2D eigenvalue weighted by molar-refractivity contribution is 0.0792. The summed E-state index contributed by atoms with van der Waals surface area (Å²) in [6, 6.07) is 19.4. The summed E-state index contributed by atoms with van der Waals surface area (Å²) in [4.78, 5) is 26.0. The fourth-order valence-corrected chi connectivity index (χ4v) is 3.98. The molecule has 0 aromatic heterocycles. The van der Waals surface area contributed by atoms with E-state index in [1.165, 1.54) is 0 Å². The van der Waals surface area contributed by atoms with Gasteiger partial charge in [0.1, 0.15) is 5.41 Å². The van der Waals surface area contributed by atoms with Crippen LogP contribution in [-0.4, -0.2) is 11.6 Å². The number of hydrogen-bond acceptors (Lipinski definition) is 4. The number of ketones is 2. The van der Waals surface area contributed by atoms with Gasteiger partial charge in [-0.15, -0.1) is 0 Å². The number of hydrogen-bond donors (Lipinski definition) is 0. The van der Waals surface area contributed by atoms with Crippen LogP contribution in [-0.2, 0) is 0 Å². The second-order valence-electron chi connectivity index (χ2n) is 5.89. The zero-order valence-corrected chi connectivity index (χ0v) is 12.0. The smallest absolute Gasteiger partial charge is 0.180 e. The van der Waals surface area contributed by atoms with Crippen molar-refractivity contribution >= 4 is 11.6 Å². The third kappa shape index (κ3) is 1.26. The van der Waals surface area contributed by atoms with E-state index in [4.69, 9.17) is 0 Å². The number of carbonyl (C=O) groups excluding carboxylic acids is 2. The number of nitrogens with zero attached hydrogens (tertiary/aromatic N) is 2. The maximum Gasteiger partial charge on any atom is 0.180 e. The Morgan fingerprint density at radius 3 is 1.74 bits per heavy atom. The molecular formula is C19H10N2O2. The molecule has 4 heteroatoms. The summed E-state index contributed by atoms with van der Waals surface area (Å²) < 4.78 is 0. The SMILES string of the molecule is N#CC1(C#N)C(c2ccccc2)C12C(=O)c1ccccc1C2=O. The molecule has 1 fully saturated rings. The lowest BCUT2D eigenvalue weighted by Crippen LogP contribution is -2.24. The molecular weight excluding hydrogens is 288 g/mol. The van der Waals surface area contributed by atoms with Crippen LogP contribution in [0.2, 0.25) is 0 Å². The molecule has 1 unspecified atom stereocenters. The van der Waals surface area contributed by atoms with Gasteiger partial charge in [0.25, 0.3) is 0 Å². The van der Waals surface area contributed by atoms with E-state index in [0.29, 0.717) is 16.7 Å². The van der Waals surface area contributed by atoms with Crippen LogP contribution in [0.5, 0.6) is 0 Å². The highest BCUT2D eigenvalue weighted by atomic mass is 16.2. The molecule has 1 atom stereocenters. The fraction of sp³-hybridized carbons (Fsp3) is 0.158. The third-order valence-corrected chi connectivity index (χ3v) is 5.02.